The van der Waals surface area contributed by atoms with Crippen molar-refractivity contribution in [3.63, 3.8) is 0 Å². The van der Waals surface area contributed by atoms with E-state index in [-0.39, 0.29) is 0 Å². The van der Waals surface area contributed by atoms with Gasteiger partial charge in [0.05, 0.1) is 5.69 Å². The van der Waals surface area contributed by atoms with Crippen molar-refractivity contribution in [2.45, 2.75) is 13.3 Å². The summed E-state index contributed by atoms with van der Waals surface area (Å²) in [6, 6.07) is 7.58. The molecule has 0 fully saturated rings. The van der Waals surface area contributed by atoms with E-state index >= 15 is 0 Å². The molecule has 2 aromatic rings. The number of hydrogen-bond donors (Lipinski definition) is 4. The lowest BCUT2D eigenvalue weighted by atomic mass is 10.1. The number of nitrogens with one attached hydrogen (secondary N) is 1. The second-order valence-electron chi connectivity index (χ2n) is 4.06. The average molecular weight is 244 g/mol. The summed E-state index contributed by atoms with van der Waals surface area (Å²) < 4.78 is 0. The predicted molar refractivity (Wildman–Crippen MR) is 72.7 cm³/mol. The maximum atomic E-state index is 5.96. The molecule has 0 unspecified atom stereocenters. The van der Waals surface area contributed by atoms with Crippen LogP contribution in [0, 0.1) is 6.92 Å². The Balaban J connectivity index is 2.37. The Bertz CT molecular complexity index is 566. The van der Waals surface area contributed by atoms with Crippen LogP contribution in [0.5, 0.6) is 0 Å². The van der Waals surface area contributed by atoms with E-state index in [0.29, 0.717) is 23.7 Å². The van der Waals surface area contributed by atoms with Crippen LogP contribution in [0.4, 0.5) is 17.3 Å². The van der Waals surface area contributed by atoms with Gasteiger partial charge in [0, 0.05) is 17.8 Å². The highest BCUT2D eigenvalue weighted by atomic mass is 15.3. The number of pyridine rings is 2. The molecular weight excluding hydrogens is 228 g/mol. The van der Waals surface area contributed by atoms with E-state index in [1.807, 2.05) is 25.1 Å². The molecule has 18 heavy (non-hydrogen) atoms. The lowest BCUT2D eigenvalue weighted by Gasteiger charge is -2.11. The SMILES string of the molecule is Cc1cccc(Cc2cc(N)nc(NN)c2N)n1. The van der Waals surface area contributed by atoms with Gasteiger partial charge < -0.3 is 16.9 Å². The number of nitrogens with zero attached hydrogens (tertiary/aromatic N) is 2. The zero-order valence-corrected chi connectivity index (χ0v) is 10.1. The minimum atomic E-state index is 0.375. The van der Waals surface area contributed by atoms with Crippen molar-refractivity contribution in [3.05, 3.63) is 41.2 Å². The molecule has 0 saturated heterocycles. The largest absolute Gasteiger partial charge is 0.395 e. The topological polar surface area (TPSA) is 116 Å². The summed E-state index contributed by atoms with van der Waals surface area (Å²) in [6.07, 6.45) is 0.592. The van der Waals surface area contributed by atoms with E-state index in [9.17, 15) is 0 Å². The monoisotopic (exact) mass is 244 g/mol. The van der Waals surface area contributed by atoms with Gasteiger partial charge in [0.15, 0.2) is 5.82 Å². The van der Waals surface area contributed by atoms with Crippen LogP contribution in [-0.4, -0.2) is 9.97 Å². The standard InChI is InChI=1S/C12H16N6/c1-7-3-2-4-9(16-7)5-8-6-10(13)17-12(18-15)11(8)14/h2-4,6H,5,14-15H2,1H3,(H3,13,17,18). The first-order valence-corrected chi connectivity index (χ1v) is 5.54. The normalized spacial score (nSPS) is 10.3. The molecule has 2 rings (SSSR count). The maximum Gasteiger partial charge on any atom is 0.165 e. The Morgan fingerprint density at radius 1 is 1.22 bits per heavy atom. The Hall–Kier alpha value is -2.34. The highest BCUT2D eigenvalue weighted by molar-refractivity contribution is 5.68. The number of nitrogens with two attached hydrogens (primary N) is 3. The van der Waals surface area contributed by atoms with Crippen molar-refractivity contribution in [1.29, 1.82) is 0 Å². The molecule has 0 spiro atoms. The second-order valence-corrected chi connectivity index (χ2v) is 4.06. The van der Waals surface area contributed by atoms with Crippen LogP contribution in [0.1, 0.15) is 17.0 Å². The van der Waals surface area contributed by atoms with Gasteiger partial charge in [-0.2, -0.15) is 0 Å². The first-order chi connectivity index (χ1) is 8.60. The molecule has 0 bridgehead atoms. The number of rotatable bonds is 3. The molecule has 0 aliphatic carbocycles. The number of hydrazine groups is 1. The molecule has 0 aliphatic heterocycles. The first-order valence-electron chi connectivity index (χ1n) is 5.54. The van der Waals surface area contributed by atoms with Gasteiger partial charge in [-0.25, -0.2) is 10.8 Å². The van der Waals surface area contributed by atoms with E-state index in [4.69, 9.17) is 17.3 Å². The quantitative estimate of drug-likeness (QED) is 0.469. The van der Waals surface area contributed by atoms with Crippen molar-refractivity contribution in [2.24, 2.45) is 5.84 Å². The third kappa shape index (κ3) is 2.49. The molecule has 0 saturated carbocycles. The predicted octanol–water partition coefficient (Wildman–Crippen LogP) is 0.826. The Morgan fingerprint density at radius 3 is 2.67 bits per heavy atom. The fraction of sp³-hybridized carbons (Fsp3) is 0.167. The van der Waals surface area contributed by atoms with E-state index in [1.165, 1.54) is 0 Å². The van der Waals surface area contributed by atoms with Gasteiger partial charge in [0.2, 0.25) is 0 Å². The van der Waals surface area contributed by atoms with Gasteiger partial charge in [-0.05, 0) is 30.7 Å². The Kier molecular flexibility index (Phi) is 3.29. The number of nitrogen functional groups attached to an aromatic ring is 3. The molecular formula is C12H16N6. The van der Waals surface area contributed by atoms with Crippen LogP contribution in [0.15, 0.2) is 24.3 Å². The molecule has 0 amide bonds. The van der Waals surface area contributed by atoms with Crippen molar-refractivity contribution in [1.82, 2.24) is 9.97 Å². The minimum Gasteiger partial charge on any atom is -0.395 e. The molecule has 0 aromatic carbocycles. The summed E-state index contributed by atoms with van der Waals surface area (Å²) >= 11 is 0. The van der Waals surface area contributed by atoms with Crippen LogP contribution in [-0.2, 0) is 6.42 Å². The third-order valence-electron chi connectivity index (χ3n) is 2.62. The molecule has 0 aliphatic rings. The number of hydrogen-bond acceptors (Lipinski definition) is 6. The molecule has 0 radical (unpaired) electrons. The van der Waals surface area contributed by atoms with E-state index < -0.39 is 0 Å². The smallest absolute Gasteiger partial charge is 0.165 e. The summed E-state index contributed by atoms with van der Waals surface area (Å²) in [5, 5.41) is 0. The highest BCUT2D eigenvalue weighted by Gasteiger charge is 2.09. The lowest BCUT2D eigenvalue weighted by molar-refractivity contribution is 1.03. The maximum absolute atomic E-state index is 5.96. The van der Waals surface area contributed by atoms with Crippen LogP contribution < -0.4 is 22.7 Å². The molecule has 94 valence electrons. The summed E-state index contributed by atoms with van der Waals surface area (Å²) in [5.41, 5.74) is 17.3. The molecule has 6 heteroatoms. The highest BCUT2D eigenvalue weighted by Crippen LogP contribution is 2.24. The van der Waals surface area contributed by atoms with Crippen LogP contribution in [0.2, 0.25) is 0 Å². The molecule has 0 atom stereocenters. The van der Waals surface area contributed by atoms with Gasteiger partial charge in [0.25, 0.3) is 0 Å². The Labute approximate surface area is 105 Å². The van der Waals surface area contributed by atoms with Crippen molar-refractivity contribution in [3.8, 4) is 0 Å². The van der Waals surface area contributed by atoms with E-state index in [0.717, 1.165) is 17.0 Å². The zero-order valence-electron chi connectivity index (χ0n) is 10.1. The summed E-state index contributed by atoms with van der Waals surface area (Å²) in [5.74, 6) is 6.10. The first kappa shape index (κ1) is 12.1. The van der Waals surface area contributed by atoms with Crippen molar-refractivity contribution >= 4 is 17.3 Å². The summed E-state index contributed by atoms with van der Waals surface area (Å²) in [7, 11) is 0. The number of aryl methyl sites for hydroxylation is 1. The summed E-state index contributed by atoms with van der Waals surface area (Å²) in [6.45, 7) is 1.95. The van der Waals surface area contributed by atoms with Crippen LogP contribution in [0.25, 0.3) is 0 Å². The van der Waals surface area contributed by atoms with E-state index in [2.05, 4.69) is 15.4 Å². The Morgan fingerprint density at radius 2 is 2.00 bits per heavy atom. The van der Waals surface area contributed by atoms with Gasteiger partial charge in [-0.3, -0.25) is 4.98 Å². The van der Waals surface area contributed by atoms with Crippen molar-refractivity contribution < 1.29 is 0 Å². The van der Waals surface area contributed by atoms with Crippen molar-refractivity contribution in [2.75, 3.05) is 16.9 Å². The zero-order chi connectivity index (χ0) is 13.1. The van der Waals surface area contributed by atoms with Crippen LogP contribution >= 0.6 is 0 Å². The number of aromatic nitrogens is 2. The summed E-state index contributed by atoms with van der Waals surface area (Å²) in [4.78, 5) is 8.43. The fourth-order valence-corrected chi connectivity index (χ4v) is 1.78. The second kappa shape index (κ2) is 4.89. The molecule has 2 aromatic heterocycles. The fourth-order valence-electron chi connectivity index (χ4n) is 1.78. The average Bonchev–Trinajstić information content (AvgIpc) is 2.33. The van der Waals surface area contributed by atoms with Gasteiger partial charge >= 0.3 is 0 Å². The van der Waals surface area contributed by atoms with Gasteiger partial charge in [-0.1, -0.05) is 6.07 Å². The lowest BCUT2D eigenvalue weighted by Crippen LogP contribution is -2.13. The van der Waals surface area contributed by atoms with E-state index in [1.54, 1.807) is 6.07 Å². The number of anilines is 3. The van der Waals surface area contributed by atoms with Crippen LogP contribution in [0.3, 0.4) is 0 Å². The minimum absolute atomic E-state index is 0.375. The van der Waals surface area contributed by atoms with Gasteiger partial charge in [0.1, 0.15) is 5.82 Å². The molecule has 6 nitrogen and oxygen atoms in total. The molecule has 2 heterocycles. The molecule has 7 N–H and O–H groups in total. The van der Waals surface area contributed by atoms with Gasteiger partial charge in [-0.15, -0.1) is 0 Å². The third-order valence-corrected chi connectivity index (χ3v) is 2.62.